The van der Waals surface area contributed by atoms with E-state index in [0.29, 0.717) is 6.04 Å². The van der Waals surface area contributed by atoms with Crippen molar-refractivity contribution in [3.05, 3.63) is 6.33 Å². The molecule has 1 aliphatic carbocycles. The highest BCUT2D eigenvalue weighted by Crippen LogP contribution is 2.30. The smallest absolute Gasteiger partial charge is 0.190 e. The van der Waals surface area contributed by atoms with Gasteiger partial charge in [0.1, 0.15) is 6.33 Å². The standard InChI is InChI=1S/C13H24N4S/c1-3-8-14-12(11-6-4-5-7-11)9-18-13-16-15-10-17(13)2/h10-12,14H,3-9H2,1-2H3. The summed E-state index contributed by atoms with van der Waals surface area (Å²) >= 11 is 1.83. The Kier molecular flexibility index (Phi) is 5.50. The number of rotatable bonds is 7. The fourth-order valence-corrected chi connectivity index (χ4v) is 3.69. The van der Waals surface area contributed by atoms with Crippen molar-refractivity contribution < 1.29 is 0 Å². The van der Waals surface area contributed by atoms with Crippen molar-refractivity contribution in [1.29, 1.82) is 0 Å². The molecule has 1 heterocycles. The van der Waals surface area contributed by atoms with Gasteiger partial charge >= 0.3 is 0 Å². The molecular formula is C13H24N4S. The molecule has 4 nitrogen and oxygen atoms in total. The lowest BCUT2D eigenvalue weighted by atomic mass is 10.00. The molecule has 1 atom stereocenters. The van der Waals surface area contributed by atoms with Crippen LogP contribution in [0.3, 0.4) is 0 Å². The molecule has 1 aromatic heterocycles. The summed E-state index contributed by atoms with van der Waals surface area (Å²) in [4.78, 5) is 0. The maximum atomic E-state index is 4.14. The number of aromatic nitrogens is 3. The van der Waals surface area contributed by atoms with E-state index in [1.807, 2.05) is 23.4 Å². The first kappa shape index (κ1) is 13.9. The lowest BCUT2D eigenvalue weighted by molar-refractivity contribution is 0.387. The van der Waals surface area contributed by atoms with E-state index >= 15 is 0 Å². The third-order valence-electron chi connectivity index (χ3n) is 3.69. The normalized spacial score (nSPS) is 18.3. The Hall–Kier alpha value is -0.550. The molecule has 0 spiro atoms. The van der Waals surface area contributed by atoms with E-state index < -0.39 is 0 Å². The number of hydrogen-bond donors (Lipinski definition) is 1. The van der Waals surface area contributed by atoms with Crippen LogP contribution in [0.15, 0.2) is 11.5 Å². The van der Waals surface area contributed by atoms with Gasteiger partial charge in [-0.25, -0.2) is 0 Å². The van der Waals surface area contributed by atoms with Crippen molar-refractivity contribution in [3.63, 3.8) is 0 Å². The minimum absolute atomic E-state index is 0.633. The second-order valence-electron chi connectivity index (χ2n) is 5.14. The van der Waals surface area contributed by atoms with Crippen LogP contribution < -0.4 is 5.32 Å². The molecule has 5 heteroatoms. The molecule has 0 radical (unpaired) electrons. The van der Waals surface area contributed by atoms with Gasteiger partial charge in [0.2, 0.25) is 0 Å². The third kappa shape index (κ3) is 3.72. The lowest BCUT2D eigenvalue weighted by Gasteiger charge is -2.24. The van der Waals surface area contributed by atoms with Crippen molar-refractivity contribution >= 4 is 11.8 Å². The van der Waals surface area contributed by atoms with Crippen LogP contribution in [-0.2, 0) is 7.05 Å². The van der Waals surface area contributed by atoms with Gasteiger partial charge in [0.25, 0.3) is 0 Å². The van der Waals surface area contributed by atoms with Gasteiger partial charge in [0.05, 0.1) is 0 Å². The summed E-state index contributed by atoms with van der Waals surface area (Å²) in [6, 6.07) is 0.633. The van der Waals surface area contributed by atoms with Crippen LogP contribution in [0.5, 0.6) is 0 Å². The second-order valence-corrected chi connectivity index (χ2v) is 6.13. The summed E-state index contributed by atoms with van der Waals surface area (Å²) in [5, 5.41) is 12.8. The monoisotopic (exact) mass is 268 g/mol. The predicted molar refractivity (Wildman–Crippen MR) is 75.8 cm³/mol. The topological polar surface area (TPSA) is 42.7 Å². The van der Waals surface area contributed by atoms with E-state index in [2.05, 4.69) is 22.4 Å². The van der Waals surface area contributed by atoms with Crippen molar-refractivity contribution in [2.45, 2.75) is 50.2 Å². The quantitative estimate of drug-likeness (QED) is 0.772. The van der Waals surface area contributed by atoms with Crippen LogP contribution in [0.25, 0.3) is 0 Å². The minimum Gasteiger partial charge on any atom is -0.313 e. The Balaban J connectivity index is 1.86. The molecule has 1 N–H and O–H groups in total. The molecule has 0 amide bonds. The molecule has 1 saturated carbocycles. The second kappa shape index (κ2) is 7.14. The highest BCUT2D eigenvalue weighted by molar-refractivity contribution is 7.99. The zero-order valence-electron chi connectivity index (χ0n) is 11.4. The molecule has 0 aromatic carbocycles. The first-order chi connectivity index (χ1) is 8.81. The van der Waals surface area contributed by atoms with Gasteiger partial charge in [-0.1, -0.05) is 31.5 Å². The molecule has 102 valence electrons. The Morgan fingerprint density at radius 1 is 1.50 bits per heavy atom. The highest BCUT2D eigenvalue weighted by atomic mass is 32.2. The molecule has 0 saturated heterocycles. The average Bonchev–Trinajstić information content (AvgIpc) is 3.01. The maximum Gasteiger partial charge on any atom is 0.190 e. The van der Waals surface area contributed by atoms with E-state index in [4.69, 9.17) is 0 Å². The molecule has 1 fully saturated rings. The van der Waals surface area contributed by atoms with Gasteiger partial charge in [-0.15, -0.1) is 10.2 Å². The number of thioether (sulfide) groups is 1. The summed E-state index contributed by atoms with van der Waals surface area (Å²) in [5.74, 6) is 1.97. The van der Waals surface area contributed by atoms with Crippen molar-refractivity contribution in [2.24, 2.45) is 13.0 Å². The van der Waals surface area contributed by atoms with Gasteiger partial charge in [-0.3, -0.25) is 0 Å². The van der Waals surface area contributed by atoms with Crippen LogP contribution in [-0.4, -0.2) is 33.1 Å². The molecular weight excluding hydrogens is 244 g/mol. The molecule has 0 bridgehead atoms. The summed E-state index contributed by atoms with van der Waals surface area (Å²) < 4.78 is 2.00. The summed E-state index contributed by atoms with van der Waals surface area (Å²) in [7, 11) is 2.01. The third-order valence-corrected chi connectivity index (χ3v) is 4.84. The fourth-order valence-electron chi connectivity index (χ4n) is 2.62. The summed E-state index contributed by atoms with van der Waals surface area (Å²) in [6.07, 6.45) is 8.57. The highest BCUT2D eigenvalue weighted by Gasteiger charge is 2.24. The van der Waals surface area contributed by atoms with Crippen molar-refractivity contribution in [1.82, 2.24) is 20.1 Å². The minimum atomic E-state index is 0.633. The Morgan fingerprint density at radius 2 is 2.28 bits per heavy atom. The van der Waals surface area contributed by atoms with Gasteiger partial charge < -0.3 is 9.88 Å². The fraction of sp³-hybridized carbons (Fsp3) is 0.846. The average molecular weight is 268 g/mol. The summed E-state index contributed by atoms with van der Waals surface area (Å²) in [5.41, 5.74) is 0. The van der Waals surface area contributed by atoms with E-state index in [1.54, 1.807) is 6.33 Å². The van der Waals surface area contributed by atoms with Gasteiger partial charge in [-0.05, 0) is 31.7 Å². The Morgan fingerprint density at radius 3 is 2.89 bits per heavy atom. The molecule has 18 heavy (non-hydrogen) atoms. The van der Waals surface area contributed by atoms with Gasteiger partial charge in [-0.2, -0.15) is 0 Å². The van der Waals surface area contributed by atoms with Crippen LogP contribution in [0.4, 0.5) is 0 Å². The number of hydrogen-bond acceptors (Lipinski definition) is 4. The van der Waals surface area contributed by atoms with Gasteiger partial charge in [0, 0.05) is 18.8 Å². The first-order valence-electron chi connectivity index (χ1n) is 7.01. The van der Waals surface area contributed by atoms with Crippen LogP contribution in [0.2, 0.25) is 0 Å². The van der Waals surface area contributed by atoms with E-state index in [0.717, 1.165) is 23.4 Å². The van der Waals surface area contributed by atoms with Crippen LogP contribution in [0.1, 0.15) is 39.0 Å². The molecule has 1 aromatic rings. The van der Waals surface area contributed by atoms with Crippen molar-refractivity contribution in [3.8, 4) is 0 Å². The summed E-state index contributed by atoms with van der Waals surface area (Å²) in [6.45, 7) is 3.36. The SMILES string of the molecule is CCCNC(CSc1nncn1C)C1CCCC1. The zero-order chi connectivity index (χ0) is 12.8. The van der Waals surface area contributed by atoms with Crippen LogP contribution >= 0.6 is 11.8 Å². The molecule has 1 unspecified atom stereocenters. The first-order valence-corrected chi connectivity index (χ1v) is 8.00. The predicted octanol–water partition coefficient (Wildman–Crippen LogP) is 2.47. The largest absolute Gasteiger partial charge is 0.313 e. The lowest BCUT2D eigenvalue weighted by Crippen LogP contribution is -2.37. The number of nitrogens with one attached hydrogen (secondary N) is 1. The maximum absolute atomic E-state index is 4.14. The Bertz CT molecular complexity index is 347. The van der Waals surface area contributed by atoms with E-state index in [1.165, 1.54) is 32.1 Å². The van der Waals surface area contributed by atoms with E-state index in [-0.39, 0.29) is 0 Å². The number of aryl methyl sites for hydroxylation is 1. The zero-order valence-corrected chi connectivity index (χ0v) is 12.2. The van der Waals surface area contributed by atoms with E-state index in [9.17, 15) is 0 Å². The molecule has 2 rings (SSSR count). The molecule has 1 aliphatic rings. The van der Waals surface area contributed by atoms with Gasteiger partial charge in [0.15, 0.2) is 5.16 Å². The Labute approximate surface area is 114 Å². The van der Waals surface area contributed by atoms with Crippen molar-refractivity contribution in [2.75, 3.05) is 12.3 Å². The van der Waals surface area contributed by atoms with Crippen LogP contribution in [0, 0.1) is 5.92 Å². The number of nitrogens with zero attached hydrogens (tertiary/aromatic N) is 3. The molecule has 0 aliphatic heterocycles.